The number of imide groups is 1. The van der Waals surface area contributed by atoms with E-state index in [4.69, 9.17) is 0 Å². The molecule has 7 heteroatoms. The van der Waals surface area contributed by atoms with Crippen LogP contribution in [0.2, 0.25) is 0 Å². The number of rotatable bonds is 1. The number of carbonyl (C=O) groups excluding carboxylic acids is 2. The zero-order valence-electron chi connectivity index (χ0n) is 5.49. The highest BCUT2D eigenvalue weighted by Gasteiger charge is 2.56. The van der Waals surface area contributed by atoms with Crippen LogP contribution in [0.1, 0.15) is 6.92 Å². The maximum Gasteiger partial charge on any atom is 0.443 e. The Morgan fingerprint density at radius 1 is 1.64 bits per heavy atom. The normalized spacial score (nSPS) is 29.5. The molecule has 1 N–H and O–H groups in total. The zero-order chi connectivity index (χ0) is 8.65. The average molecular weight is 160 g/mol. The molecule has 0 aromatic heterocycles. The number of ether oxygens (including phenoxy) is 1. The molecule has 0 spiro atoms. The van der Waals surface area contributed by atoms with Crippen LogP contribution < -0.4 is 5.32 Å². The van der Waals surface area contributed by atoms with E-state index < -0.39 is 22.6 Å². The second kappa shape index (κ2) is 1.91. The van der Waals surface area contributed by atoms with E-state index in [2.05, 4.69) is 4.74 Å². The maximum absolute atomic E-state index is 10.6. The smallest absolute Gasteiger partial charge is 0.371 e. The number of hydrogen-bond donors (Lipinski definition) is 1. The van der Waals surface area contributed by atoms with E-state index >= 15 is 0 Å². The number of nitrogens with zero attached hydrogens (tertiary/aromatic N) is 1. The van der Waals surface area contributed by atoms with Crippen molar-refractivity contribution in [1.82, 2.24) is 5.32 Å². The highest BCUT2D eigenvalue weighted by molar-refractivity contribution is 6.01. The Labute approximate surface area is 60.5 Å². The van der Waals surface area contributed by atoms with Crippen LogP contribution in [0.4, 0.5) is 4.79 Å². The minimum atomic E-state index is -2.25. The van der Waals surface area contributed by atoms with Crippen molar-refractivity contribution in [1.29, 1.82) is 0 Å². The van der Waals surface area contributed by atoms with Crippen molar-refractivity contribution in [3.63, 3.8) is 0 Å². The lowest BCUT2D eigenvalue weighted by molar-refractivity contribution is -0.591. The molecule has 0 aromatic carbocycles. The summed E-state index contributed by atoms with van der Waals surface area (Å²) >= 11 is 0. The molecule has 2 amide bonds. The second-order valence-corrected chi connectivity index (χ2v) is 2.08. The number of nitro groups is 1. The van der Waals surface area contributed by atoms with Gasteiger partial charge in [-0.1, -0.05) is 0 Å². The summed E-state index contributed by atoms with van der Waals surface area (Å²) in [6, 6.07) is 0. The fraction of sp³-hybridized carbons (Fsp3) is 0.500. The Morgan fingerprint density at radius 3 is 2.36 bits per heavy atom. The molecule has 0 aliphatic carbocycles. The molecule has 1 saturated heterocycles. The van der Waals surface area contributed by atoms with Gasteiger partial charge in [0.1, 0.15) is 0 Å². The fourth-order valence-electron chi connectivity index (χ4n) is 0.581. The van der Waals surface area contributed by atoms with E-state index in [0.717, 1.165) is 6.92 Å². The van der Waals surface area contributed by atoms with Gasteiger partial charge in [0, 0.05) is 0 Å². The van der Waals surface area contributed by atoms with Gasteiger partial charge < -0.3 is 4.74 Å². The van der Waals surface area contributed by atoms with Crippen LogP contribution in [-0.4, -0.2) is 22.6 Å². The van der Waals surface area contributed by atoms with Gasteiger partial charge in [0.05, 0.1) is 11.8 Å². The van der Waals surface area contributed by atoms with E-state index in [1.165, 1.54) is 0 Å². The topological polar surface area (TPSA) is 98.5 Å². The lowest BCUT2D eigenvalue weighted by atomic mass is 10.3. The van der Waals surface area contributed by atoms with E-state index in [1.807, 2.05) is 0 Å². The Morgan fingerprint density at radius 2 is 2.18 bits per heavy atom. The molecule has 1 fully saturated rings. The molecular weight excluding hydrogens is 156 g/mol. The van der Waals surface area contributed by atoms with Crippen LogP contribution in [0.15, 0.2) is 0 Å². The monoisotopic (exact) mass is 160 g/mol. The van der Waals surface area contributed by atoms with Gasteiger partial charge in [0.2, 0.25) is 0 Å². The van der Waals surface area contributed by atoms with E-state index in [0.29, 0.717) is 0 Å². The van der Waals surface area contributed by atoms with Crippen LogP contribution in [-0.2, 0) is 9.53 Å². The molecule has 60 valence electrons. The number of amides is 2. The molecule has 1 atom stereocenters. The zero-order valence-corrected chi connectivity index (χ0v) is 5.49. The van der Waals surface area contributed by atoms with Gasteiger partial charge in [-0.25, -0.2) is 4.79 Å². The molecule has 0 aromatic rings. The van der Waals surface area contributed by atoms with Crippen molar-refractivity contribution >= 4 is 12.0 Å². The Balaban J connectivity index is 2.96. The summed E-state index contributed by atoms with van der Waals surface area (Å²) in [6.45, 7) is 0.910. The fourth-order valence-corrected chi connectivity index (χ4v) is 0.581. The minimum Gasteiger partial charge on any atom is -0.371 e. The third-order valence-electron chi connectivity index (χ3n) is 1.28. The van der Waals surface area contributed by atoms with Gasteiger partial charge in [-0.05, 0) is 0 Å². The SMILES string of the molecule is CC1([N+](=O)[O-])OC(=O)NC1=O. The van der Waals surface area contributed by atoms with Gasteiger partial charge in [0.25, 0.3) is 0 Å². The maximum atomic E-state index is 10.6. The summed E-state index contributed by atoms with van der Waals surface area (Å²) in [7, 11) is 0. The molecular formula is C4H4N2O5. The highest BCUT2D eigenvalue weighted by atomic mass is 16.7. The lowest BCUT2D eigenvalue weighted by Gasteiger charge is -2.07. The van der Waals surface area contributed by atoms with E-state index in [1.54, 1.807) is 5.32 Å². The van der Waals surface area contributed by atoms with Crippen LogP contribution in [0.25, 0.3) is 0 Å². The molecule has 1 unspecified atom stereocenters. The highest BCUT2D eigenvalue weighted by Crippen LogP contribution is 2.16. The first-order valence-corrected chi connectivity index (χ1v) is 2.66. The summed E-state index contributed by atoms with van der Waals surface area (Å²) in [4.78, 5) is 30.1. The van der Waals surface area contributed by atoms with Crippen molar-refractivity contribution in [2.45, 2.75) is 12.6 Å². The molecule has 1 heterocycles. The van der Waals surface area contributed by atoms with Crippen molar-refractivity contribution in [2.75, 3.05) is 0 Å². The predicted molar refractivity (Wildman–Crippen MR) is 30.0 cm³/mol. The third-order valence-corrected chi connectivity index (χ3v) is 1.28. The van der Waals surface area contributed by atoms with E-state index in [-0.39, 0.29) is 0 Å². The predicted octanol–water partition coefficient (Wildman–Crippen LogP) is -0.754. The quantitative estimate of drug-likeness (QED) is 0.401. The third kappa shape index (κ3) is 0.896. The summed E-state index contributed by atoms with van der Waals surface area (Å²) < 4.78 is 4.12. The summed E-state index contributed by atoms with van der Waals surface area (Å²) in [5.74, 6) is -1.05. The summed E-state index contributed by atoms with van der Waals surface area (Å²) in [5, 5.41) is 11.8. The lowest BCUT2D eigenvalue weighted by Crippen LogP contribution is -2.43. The molecule has 0 radical (unpaired) electrons. The van der Waals surface area contributed by atoms with Crippen LogP contribution in [0, 0.1) is 10.1 Å². The number of alkyl carbamates (subject to hydrolysis) is 1. The molecule has 7 nitrogen and oxygen atoms in total. The summed E-state index contributed by atoms with van der Waals surface area (Å²) in [5.41, 5.74) is -2.25. The van der Waals surface area contributed by atoms with Crippen molar-refractivity contribution in [3.05, 3.63) is 10.1 Å². The van der Waals surface area contributed by atoms with Gasteiger partial charge in [-0.2, -0.15) is 0 Å². The second-order valence-electron chi connectivity index (χ2n) is 2.08. The molecule has 0 saturated carbocycles. The van der Waals surface area contributed by atoms with Gasteiger partial charge in [0.15, 0.2) is 0 Å². The number of hydrogen-bond acceptors (Lipinski definition) is 5. The molecule has 1 aliphatic rings. The van der Waals surface area contributed by atoms with E-state index in [9.17, 15) is 19.7 Å². The first-order chi connectivity index (χ1) is 4.97. The average Bonchev–Trinajstić information content (AvgIpc) is 2.08. The Kier molecular flexibility index (Phi) is 1.29. The van der Waals surface area contributed by atoms with Crippen molar-refractivity contribution in [2.24, 2.45) is 0 Å². The van der Waals surface area contributed by atoms with Crippen molar-refractivity contribution < 1.29 is 19.2 Å². The first kappa shape index (κ1) is 7.45. The minimum absolute atomic E-state index is 0.910. The standard InChI is InChI=1S/C4H4N2O5/c1-4(6(9)10)2(7)5-3(8)11-4/h1H3,(H,5,7,8). The van der Waals surface area contributed by atoms with Crippen molar-refractivity contribution in [3.8, 4) is 0 Å². The van der Waals surface area contributed by atoms with Crippen LogP contribution in [0.3, 0.4) is 0 Å². The van der Waals surface area contributed by atoms with Gasteiger partial charge in [-0.15, -0.1) is 0 Å². The molecule has 11 heavy (non-hydrogen) atoms. The number of cyclic esters (lactones) is 1. The van der Waals surface area contributed by atoms with Crippen LogP contribution >= 0.6 is 0 Å². The van der Waals surface area contributed by atoms with Gasteiger partial charge in [-0.3, -0.25) is 20.2 Å². The van der Waals surface area contributed by atoms with Gasteiger partial charge >= 0.3 is 17.7 Å². The molecule has 1 aliphatic heterocycles. The Bertz CT molecular complexity index is 249. The molecule has 0 bridgehead atoms. The number of carbonyl (C=O) groups is 2. The first-order valence-electron chi connectivity index (χ1n) is 2.66. The largest absolute Gasteiger partial charge is 0.443 e. The Hall–Kier alpha value is -1.66. The summed E-state index contributed by atoms with van der Waals surface area (Å²) in [6.07, 6.45) is -1.09. The molecule has 1 rings (SSSR count). The number of nitrogens with one attached hydrogen (secondary N) is 1. The van der Waals surface area contributed by atoms with Crippen LogP contribution in [0.5, 0.6) is 0 Å².